The first-order valence-electron chi connectivity index (χ1n) is 4.83. The van der Waals surface area contributed by atoms with E-state index in [1.54, 1.807) is 11.3 Å². The summed E-state index contributed by atoms with van der Waals surface area (Å²) in [6.07, 6.45) is 0.198. The zero-order valence-corrected chi connectivity index (χ0v) is 12.3. The summed E-state index contributed by atoms with van der Waals surface area (Å²) in [6, 6.07) is 11.9. The van der Waals surface area contributed by atoms with Gasteiger partial charge in [0.1, 0.15) is 0 Å². The molecule has 0 amide bonds. The van der Waals surface area contributed by atoms with Crippen LogP contribution in [0, 0.1) is 0 Å². The molecule has 1 aromatic carbocycles. The van der Waals surface area contributed by atoms with Gasteiger partial charge in [-0.25, -0.2) is 0 Å². The van der Waals surface area contributed by atoms with E-state index in [1.807, 2.05) is 36.4 Å². The van der Waals surface area contributed by atoms with Gasteiger partial charge >= 0.3 is 0 Å². The number of rotatable bonds is 3. The molecule has 1 nitrogen and oxygen atoms in total. The van der Waals surface area contributed by atoms with Crippen molar-refractivity contribution < 1.29 is 5.11 Å². The van der Waals surface area contributed by atoms with Gasteiger partial charge < -0.3 is 5.11 Å². The molecule has 1 N–H and O–H groups in total. The van der Waals surface area contributed by atoms with E-state index >= 15 is 0 Å². The van der Waals surface area contributed by atoms with Gasteiger partial charge in [-0.2, -0.15) is 0 Å². The minimum Gasteiger partial charge on any atom is -0.387 e. The largest absolute Gasteiger partial charge is 0.387 e. The monoisotopic (exact) mass is 360 g/mol. The molecule has 1 unspecified atom stereocenters. The van der Waals surface area contributed by atoms with Crippen LogP contribution in [-0.4, -0.2) is 5.11 Å². The van der Waals surface area contributed by atoms with Crippen LogP contribution in [0.3, 0.4) is 0 Å². The Kier molecular flexibility index (Phi) is 4.19. The molecule has 0 aliphatic carbocycles. The van der Waals surface area contributed by atoms with Gasteiger partial charge in [-0.1, -0.05) is 34.1 Å². The average molecular weight is 362 g/mol. The third-order valence-electron chi connectivity index (χ3n) is 2.29. The van der Waals surface area contributed by atoms with Crippen molar-refractivity contribution in [2.45, 2.75) is 12.5 Å². The summed E-state index contributed by atoms with van der Waals surface area (Å²) in [4.78, 5) is 0.989. The van der Waals surface area contributed by atoms with Crippen LogP contribution in [0.1, 0.15) is 16.5 Å². The fraction of sp³-hybridized carbons (Fsp3) is 0.167. The Balaban J connectivity index is 2.13. The van der Waals surface area contributed by atoms with Crippen molar-refractivity contribution in [1.29, 1.82) is 0 Å². The van der Waals surface area contributed by atoms with Crippen LogP contribution >= 0.6 is 43.2 Å². The molecule has 0 saturated carbocycles. The Bertz CT molecular complexity index is 481. The van der Waals surface area contributed by atoms with Gasteiger partial charge in [-0.15, -0.1) is 11.3 Å². The summed E-state index contributed by atoms with van der Waals surface area (Å²) in [5.41, 5.74) is 1.12. The van der Waals surface area contributed by atoms with E-state index in [2.05, 4.69) is 31.9 Å². The molecule has 2 aromatic rings. The lowest BCUT2D eigenvalue weighted by atomic mass is 10.1. The van der Waals surface area contributed by atoms with Crippen molar-refractivity contribution in [1.82, 2.24) is 0 Å². The van der Waals surface area contributed by atoms with Gasteiger partial charge in [0, 0.05) is 15.8 Å². The molecule has 1 aromatic heterocycles. The van der Waals surface area contributed by atoms with E-state index < -0.39 is 6.10 Å². The van der Waals surface area contributed by atoms with Gasteiger partial charge in [-0.3, -0.25) is 0 Å². The lowest BCUT2D eigenvalue weighted by Crippen LogP contribution is -1.99. The van der Waals surface area contributed by atoms with Crippen molar-refractivity contribution in [2.24, 2.45) is 0 Å². The highest BCUT2D eigenvalue weighted by molar-refractivity contribution is 9.11. The lowest BCUT2D eigenvalue weighted by molar-refractivity contribution is 0.182. The van der Waals surface area contributed by atoms with Crippen molar-refractivity contribution in [2.75, 3.05) is 0 Å². The summed E-state index contributed by atoms with van der Waals surface area (Å²) < 4.78 is 2.10. The molecule has 0 bridgehead atoms. The second-order valence-electron chi connectivity index (χ2n) is 3.45. The van der Waals surface area contributed by atoms with E-state index in [0.29, 0.717) is 6.42 Å². The summed E-state index contributed by atoms with van der Waals surface area (Å²) in [7, 11) is 0. The van der Waals surface area contributed by atoms with Crippen molar-refractivity contribution in [3.8, 4) is 0 Å². The van der Waals surface area contributed by atoms with E-state index in [1.165, 1.54) is 0 Å². The topological polar surface area (TPSA) is 20.2 Å². The molecule has 0 saturated heterocycles. The van der Waals surface area contributed by atoms with Crippen LogP contribution in [0.15, 0.2) is 44.7 Å². The van der Waals surface area contributed by atoms with Crippen LogP contribution in [0.25, 0.3) is 0 Å². The van der Waals surface area contributed by atoms with E-state index in [4.69, 9.17) is 0 Å². The molecule has 2 rings (SSSR count). The Morgan fingerprint density at radius 1 is 1.12 bits per heavy atom. The summed E-state index contributed by atoms with van der Waals surface area (Å²) >= 11 is 8.46. The normalized spacial score (nSPS) is 12.7. The van der Waals surface area contributed by atoms with E-state index in [9.17, 15) is 5.11 Å². The molecule has 0 radical (unpaired) electrons. The van der Waals surface area contributed by atoms with Gasteiger partial charge in [0.2, 0.25) is 0 Å². The highest BCUT2D eigenvalue weighted by Gasteiger charge is 2.12. The zero-order valence-electron chi connectivity index (χ0n) is 8.36. The fourth-order valence-corrected chi connectivity index (χ4v) is 3.34. The molecule has 16 heavy (non-hydrogen) atoms. The maximum absolute atomic E-state index is 10.1. The van der Waals surface area contributed by atoms with E-state index in [0.717, 1.165) is 18.7 Å². The average Bonchev–Trinajstić information content (AvgIpc) is 2.68. The van der Waals surface area contributed by atoms with Crippen LogP contribution in [0.5, 0.6) is 0 Å². The van der Waals surface area contributed by atoms with Crippen LogP contribution < -0.4 is 0 Å². The standard InChI is InChI=1S/C12H10Br2OS/c13-9-4-2-1-3-8(9)7-10(15)11-5-6-12(14)16-11/h1-6,10,15H,7H2. The molecule has 84 valence electrons. The number of aliphatic hydroxyl groups excluding tert-OH is 1. The maximum atomic E-state index is 10.1. The maximum Gasteiger partial charge on any atom is 0.0922 e. The van der Waals surface area contributed by atoms with Crippen molar-refractivity contribution >= 4 is 43.2 Å². The molecular formula is C12H10Br2OS. The fourth-order valence-electron chi connectivity index (χ4n) is 1.48. The predicted molar refractivity (Wildman–Crippen MR) is 74.8 cm³/mol. The van der Waals surface area contributed by atoms with Gasteiger partial charge in [-0.05, 0) is 39.7 Å². The number of hydrogen-bond acceptors (Lipinski definition) is 2. The number of aliphatic hydroxyl groups is 1. The van der Waals surface area contributed by atoms with Gasteiger partial charge in [0.15, 0.2) is 0 Å². The number of benzene rings is 1. The molecule has 4 heteroatoms. The minimum atomic E-state index is -0.435. The van der Waals surface area contributed by atoms with Crippen LogP contribution in [0.2, 0.25) is 0 Å². The van der Waals surface area contributed by atoms with Gasteiger partial charge in [0.05, 0.1) is 9.89 Å². The Morgan fingerprint density at radius 3 is 2.50 bits per heavy atom. The lowest BCUT2D eigenvalue weighted by Gasteiger charge is -2.09. The Hall–Kier alpha value is -0.160. The molecule has 1 atom stereocenters. The second kappa shape index (κ2) is 5.45. The number of halogens is 2. The van der Waals surface area contributed by atoms with Crippen LogP contribution in [0.4, 0.5) is 0 Å². The molecule has 0 aliphatic rings. The first-order valence-corrected chi connectivity index (χ1v) is 7.24. The summed E-state index contributed by atoms with van der Waals surface area (Å²) in [5, 5.41) is 10.1. The zero-order chi connectivity index (χ0) is 11.5. The minimum absolute atomic E-state index is 0.435. The smallest absolute Gasteiger partial charge is 0.0922 e. The first kappa shape index (κ1) is 12.3. The Morgan fingerprint density at radius 2 is 1.88 bits per heavy atom. The van der Waals surface area contributed by atoms with Gasteiger partial charge in [0.25, 0.3) is 0 Å². The van der Waals surface area contributed by atoms with E-state index in [-0.39, 0.29) is 0 Å². The van der Waals surface area contributed by atoms with Crippen LogP contribution in [-0.2, 0) is 6.42 Å². The Labute approximate surface area is 115 Å². The highest BCUT2D eigenvalue weighted by atomic mass is 79.9. The molecule has 0 aliphatic heterocycles. The number of thiophene rings is 1. The third-order valence-corrected chi connectivity index (χ3v) is 4.79. The third kappa shape index (κ3) is 2.94. The molecular weight excluding hydrogens is 352 g/mol. The SMILES string of the molecule is OC(Cc1ccccc1Br)c1ccc(Br)s1. The van der Waals surface area contributed by atoms with Crippen molar-refractivity contribution in [3.05, 3.63) is 55.1 Å². The second-order valence-corrected chi connectivity index (χ2v) is 6.80. The highest BCUT2D eigenvalue weighted by Crippen LogP contribution is 2.30. The quantitative estimate of drug-likeness (QED) is 0.850. The molecule has 1 heterocycles. The molecule has 0 spiro atoms. The molecule has 0 fully saturated rings. The summed E-state index contributed by atoms with van der Waals surface area (Å²) in [5.74, 6) is 0. The predicted octanol–water partition coefficient (Wildman–Crippen LogP) is 4.55. The summed E-state index contributed by atoms with van der Waals surface area (Å²) in [6.45, 7) is 0. The number of hydrogen-bond donors (Lipinski definition) is 1. The first-order chi connectivity index (χ1) is 7.66. The van der Waals surface area contributed by atoms with Crippen molar-refractivity contribution in [3.63, 3.8) is 0 Å².